The molecule has 0 saturated heterocycles. The summed E-state index contributed by atoms with van der Waals surface area (Å²) in [6.07, 6.45) is 6.66. The molecule has 0 aromatic rings. The molecule has 0 heterocycles. The van der Waals surface area contributed by atoms with Gasteiger partial charge >= 0.3 is 0 Å². The fraction of sp³-hybridized carbons (Fsp3) is 0.909. The standard InChI is InChI=1S/C22H42O6S2/c1-5-7-13-21(23)17-19(3)29(25,26)15-11-9-10-12-16-30(27,28)20(4)18-22(24)14-8-6-2/h19-20H,5-18H2,1-4H3. The second kappa shape index (κ2) is 15.1. The van der Waals surface area contributed by atoms with Gasteiger partial charge in [-0.25, -0.2) is 16.8 Å². The van der Waals surface area contributed by atoms with Crippen molar-refractivity contribution in [3.05, 3.63) is 0 Å². The minimum absolute atomic E-state index is 0.000396. The van der Waals surface area contributed by atoms with Crippen LogP contribution in [0.4, 0.5) is 0 Å². The largest absolute Gasteiger partial charge is 0.300 e. The van der Waals surface area contributed by atoms with Crippen LogP contribution in [0.1, 0.15) is 105 Å². The zero-order valence-electron chi connectivity index (χ0n) is 19.3. The normalized spacial score (nSPS) is 14.4. The third-order valence-electron chi connectivity index (χ3n) is 5.48. The number of sulfone groups is 2. The van der Waals surface area contributed by atoms with E-state index in [4.69, 9.17) is 0 Å². The van der Waals surface area contributed by atoms with Crippen molar-refractivity contribution in [2.45, 2.75) is 115 Å². The fourth-order valence-corrected chi connectivity index (χ4v) is 6.11. The van der Waals surface area contributed by atoms with Crippen LogP contribution in [0.3, 0.4) is 0 Å². The van der Waals surface area contributed by atoms with Gasteiger partial charge in [-0.3, -0.25) is 9.59 Å². The first-order valence-electron chi connectivity index (χ1n) is 11.4. The average Bonchev–Trinajstić information content (AvgIpc) is 2.67. The van der Waals surface area contributed by atoms with Crippen molar-refractivity contribution in [2.24, 2.45) is 0 Å². The van der Waals surface area contributed by atoms with E-state index < -0.39 is 30.2 Å². The molecule has 0 N–H and O–H groups in total. The molecule has 0 aliphatic heterocycles. The molecular formula is C22H42O6S2. The molecule has 6 nitrogen and oxygen atoms in total. The summed E-state index contributed by atoms with van der Waals surface area (Å²) in [5.74, 6) is 0.0649. The maximum absolute atomic E-state index is 12.3. The van der Waals surface area contributed by atoms with E-state index in [-0.39, 0.29) is 35.9 Å². The molecule has 0 aliphatic carbocycles. The van der Waals surface area contributed by atoms with Gasteiger partial charge < -0.3 is 0 Å². The predicted molar refractivity (Wildman–Crippen MR) is 123 cm³/mol. The molecule has 0 aromatic heterocycles. The van der Waals surface area contributed by atoms with Crippen molar-refractivity contribution in [2.75, 3.05) is 11.5 Å². The minimum atomic E-state index is -3.31. The van der Waals surface area contributed by atoms with E-state index in [1.165, 1.54) is 0 Å². The maximum atomic E-state index is 12.3. The summed E-state index contributed by atoms with van der Waals surface area (Å²) in [6.45, 7) is 7.17. The number of carbonyl (C=O) groups is 2. The van der Waals surface area contributed by atoms with Gasteiger partial charge in [-0.15, -0.1) is 0 Å². The Kier molecular flexibility index (Phi) is 14.7. The first-order chi connectivity index (χ1) is 14.0. The van der Waals surface area contributed by atoms with E-state index in [0.717, 1.165) is 25.7 Å². The molecule has 0 spiro atoms. The van der Waals surface area contributed by atoms with Crippen LogP contribution in [-0.2, 0) is 29.3 Å². The van der Waals surface area contributed by atoms with Crippen LogP contribution in [0, 0.1) is 0 Å². The highest BCUT2D eigenvalue weighted by Gasteiger charge is 2.24. The van der Waals surface area contributed by atoms with Crippen molar-refractivity contribution >= 4 is 31.2 Å². The first-order valence-corrected chi connectivity index (χ1v) is 14.9. The quantitative estimate of drug-likeness (QED) is 0.261. The lowest BCUT2D eigenvalue weighted by Gasteiger charge is -2.13. The van der Waals surface area contributed by atoms with Crippen LogP contribution in [0.25, 0.3) is 0 Å². The van der Waals surface area contributed by atoms with E-state index in [0.29, 0.717) is 38.5 Å². The predicted octanol–water partition coefficient (Wildman–Crippen LogP) is 4.45. The van der Waals surface area contributed by atoms with Crippen molar-refractivity contribution in [3.63, 3.8) is 0 Å². The molecule has 0 fully saturated rings. The summed E-state index contributed by atoms with van der Waals surface area (Å²) in [5.41, 5.74) is 0. The van der Waals surface area contributed by atoms with Gasteiger partial charge in [0.2, 0.25) is 0 Å². The van der Waals surface area contributed by atoms with Gasteiger partial charge in [0.05, 0.1) is 22.0 Å². The number of unbranched alkanes of at least 4 members (excludes halogenated alkanes) is 5. The highest BCUT2D eigenvalue weighted by atomic mass is 32.2. The molecule has 0 rings (SSSR count). The van der Waals surface area contributed by atoms with Crippen LogP contribution in [0.15, 0.2) is 0 Å². The number of carbonyl (C=O) groups excluding carboxylic acids is 2. The highest BCUT2D eigenvalue weighted by Crippen LogP contribution is 2.15. The van der Waals surface area contributed by atoms with Crippen LogP contribution < -0.4 is 0 Å². The number of Topliss-reactive ketones (excluding diaryl/α,β-unsaturated/α-hetero) is 2. The summed E-state index contributed by atoms with van der Waals surface area (Å²) < 4.78 is 49.3. The van der Waals surface area contributed by atoms with Crippen LogP contribution in [0.2, 0.25) is 0 Å². The van der Waals surface area contributed by atoms with Gasteiger partial charge in [-0.05, 0) is 39.5 Å². The van der Waals surface area contributed by atoms with E-state index >= 15 is 0 Å². The second-order valence-electron chi connectivity index (χ2n) is 8.46. The zero-order valence-corrected chi connectivity index (χ0v) is 21.0. The molecular weight excluding hydrogens is 424 g/mol. The summed E-state index contributed by atoms with van der Waals surface area (Å²) in [7, 11) is -6.61. The van der Waals surface area contributed by atoms with Crippen molar-refractivity contribution in [1.29, 1.82) is 0 Å². The molecule has 2 unspecified atom stereocenters. The van der Waals surface area contributed by atoms with E-state index in [1.54, 1.807) is 13.8 Å². The Labute approximate surface area is 184 Å². The highest BCUT2D eigenvalue weighted by molar-refractivity contribution is 7.92. The van der Waals surface area contributed by atoms with Gasteiger partial charge in [-0.2, -0.15) is 0 Å². The minimum Gasteiger partial charge on any atom is -0.300 e. The Balaban J connectivity index is 4.19. The van der Waals surface area contributed by atoms with Gasteiger partial charge in [0.25, 0.3) is 0 Å². The maximum Gasteiger partial charge on any atom is 0.153 e. The Morgan fingerprint density at radius 3 is 1.23 bits per heavy atom. The van der Waals surface area contributed by atoms with Gasteiger partial charge in [0.1, 0.15) is 11.6 Å². The Bertz CT molecular complexity index is 648. The Morgan fingerprint density at radius 2 is 0.933 bits per heavy atom. The molecule has 0 radical (unpaired) electrons. The summed E-state index contributed by atoms with van der Waals surface area (Å²) in [5, 5.41) is -1.32. The lowest BCUT2D eigenvalue weighted by molar-refractivity contribution is -0.119. The molecule has 0 saturated carbocycles. The summed E-state index contributed by atoms with van der Waals surface area (Å²) in [6, 6.07) is 0. The molecule has 30 heavy (non-hydrogen) atoms. The van der Waals surface area contributed by atoms with Crippen LogP contribution in [-0.4, -0.2) is 50.4 Å². The molecule has 0 aromatic carbocycles. The first kappa shape index (κ1) is 29.2. The molecule has 178 valence electrons. The zero-order chi connectivity index (χ0) is 23.2. The van der Waals surface area contributed by atoms with Crippen LogP contribution in [0.5, 0.6) is 0 Å². The summed E-state index contributed by atoms with van der Waals surface area (Å²) in [4.78, 5) is 23.6. The SMILES string of the molecule is CCCCC(=O)CC(C)S(=O)(=O)CCCCCCS(=O)(=O)C(C)CC(=O)CCCC. The topological polar surface area (TPSA) is 102 Å². The smallest absolute Gasteiger partial charge is 0.153 e. The molecule has 0 bridgehead atoms. The van der Waals surface area contributed by atoms with Gasteiger partial charge in [0.15, 0.2) is 19.7 Å². The van der Waals surface area contributed by atoms with Crippen molar-refractivity contribution in [3.8, 4) is 0 Å². The van der Waals surface area contributed by atoms with Crippen LogP contribution >= 0.6 is 0 Å². The Morgan fingerprint density at radius 1 is 0.600 bits per heavy atom. The molecule has 0 aliphatic rings. The average molecular weight is 467 g/mol. The number of hydrogen-bond acceptors (Lipinski definition) is 6. The summed E-state index contributed by atoms with van der Waals surface area (Å²) >= 11 is 0. The van der Waals surface area contributed by atoms with Crippen molar-refractivity contribution < 1.29 is 26.4 Å². The fourth-order valence-electron chi connectivity index (χ4n) is 3.21. The van der Waals surface area contributed by atoms with E-state index in [9.17, 15) is 26.4 Å². The second-order valence-corrected chi connectivity index (χ2v) is 13.5. The third-order valence-corrected chi connectivity index (χ3v) is 9.98. The number of rotatable bonds is 19. The number of ketones is 2. The molecule has 2 atom stereocenters. The van der Waals surface area contributed by atoms with Gasteiger partial charge in [0, 0.05) is 25.7 Å². The lowest BCUT2D eigenvalue weighted by atomic mass is 10.1. The number of hydrogen-bond donors (Lipinski definition) is 0. The van der Waals surface area contributed by atoms with E-state index in [1.807, 2.05) is 13.8 Å². The van der Waals surface area contributed by atoms with Gasteiger partial charge in [-0.1, -0.05) is 39.5 Å². The van der Waals surface area contributed by atoms with Crippen molar-refractivity contribution in [1.82, 2.24) is 0 Å². The van der Waals surface area contributed by atoms with E-state index in [2.05, 4.69) is 0 Å². The lowest BCUT2D eigenvalue weighted by Crippen LogP contribution is -2.24. The third kappa shape index (κ3) is 12.8. The molecule has 8 heteroatoms. The molecule has 0 amide bonds. The monoisotopic (exact) mass is 466 g/mol. The Hall–Kier alpha value is -0.760.